The molecule has 0 saturated carbocycles. The zero-order chi connectivity index (χ0) is 14.2. The summed E-state index contributed by atoms with van der Waals surface area (Å²) in [6.45, 7) is 5.39. The predicted molar refractivity (Wildman–Crippen MR) is 75.4 cm³/mol. The van der Waals surface area contributed by atoms with Crippen LogP contribution in [0, 0.1) is 12.8 Å². The van der Waals surface area contributed by atoms with Crippen LogP contribution in [0.25, 0.3) is 0 Å². The number of aliphatic hydroxyl groups is 1. The van der Waals surface area contributed by atoms with E-state index < -0.39 is 5.60 Å². The number of rotatable bonds is 2. The first-order valence-electron chi connectivity index (χ1n) is 6.72. The van der Waals surface area contributed by atoms with Crippen LogP contribution < -0.4 is 0 Å². The molecule has 0 radical (unpaired) electrons. The molecule has 1 aromatic carbocycles. The lowest BCUT2D eigenvalue weighted by atomic mass is 9.71. The van der Waals surface area contributed by atoms with Crippen LogP contribution in [0.4, 0.5) is 0 Å². The number of aromatic hydroxyl groups is 2. The monoisotopic (exact) mass is 262 g/mol. The quantitative estimate of drug-likeness (QED) is 0.717. The second-order valence-electron chi connectivity index (χ2n) is 6.01. The largest absolute Gasteiger partial charge is 0.507 e. The van der Waals surface area contributed by atoms with Crippen LogP contribution in [-0.4, -0.2) is 20.9 Å². The zero-order valence-corrected chi connectivity index (χ0v) is 11.7. The van der Waals surface area contributed by atoms with Crippen LogP contribution in [-0.2, 0) is 0 Å². The summed E-state index contributed by atoms with van der Waals surface area (Å²) in [4.78, 5) is 0. The van der Waals surface area contributed by atoms with Gasteiger partial charge in [-0.3, -0.25) is 0 Å². The molecule has 1 aliphatic rings. The number of aryl methyl sites for hydroxylation is 1. The lowest BCUT2D eigenvalue weighted by Gasteiger charge is -2.37. The van der Waals surface area contributed by atoms with E-state index in [9.17, 15) is 15.3 Å². The number of benzene rings is 1. The molecule has 3 heteroatoms. The van der Waals surface area contributed by atoms with Gasteiger partial charge in [-0.05, 0) is 57.2 Å². The summed E-state index contributed by atoms with van der Waals surface area (Å²) < 4.78 is 0. The molecule has 3 nitrogen and oxygen atoms in total. The molecule has 1 aliphatic carbocycles. The second kappa shape index (κ2) is 4.89. The van der Waals surface area contributed by atoms with Gasteiger partial charge in [-0.1, -0.05) is 12.2 Å². The van der Waals surface area contributed by atoms with E-state index in [4.69, 9.17) is 0 Å². The van der Waals surface area contributed by atoms with Gasteiger partial charge in [0.25, 0.3) is 0 Å². The van der Waals surface area contributed by atoms with E-state index in [1.807, 2.05) is 19.1 Å². The van der Waals surface area contributed by atoms with E-state index >= 15 is 0 Å². The van der Waals surface area contributed by atoms with Gasteiger partial charge in [-0.2, -0.15) is 0 Å². The van der Waals surface area contributed by atoms with Gasteiger partial charge in [0.1, 0.15) is 11.5 Å². The van der Waals surface area contributed by atoms with Crippen molar-refractivity contribution in [3.63, 3.8) is 0 Å². The molecule has 0 aliphatic heterocycles. The fraction of sp³-hybridized carbons (Fsp3) is 0.500. The first-order valence-corrected chi connectivity index (χ1v) is 6.72. The summed E-state index contributed by atoms with van der Waals surface area (Å²) in [6, 6.07) is 3.30. The average molecular weight is 262 g/mol. The molecule has 3 N–H and O–H groups in total. The van der Waals surface area contributed by atoms with Crippen molar-refractivity contribution in [3.05, 3.63) is 35.4 Å². The number of phenolic OH excluding ortho intramolecular Hbond substituents is 2. The highest BCUT2D eigenvalue weighted by atomic mass is 16.3. The molecule has 1 aromatic rings. The Morgan fingerprint density at radius 2 is 1.74 bits per heavy atom. The first kappa shape index (κ1) is 13.9. The summed E-state index contributed by atoms with van der Waals surface area (Å²) in [6.07, 6.45) is 5.79. The minimum Gasteiger partial charge on any atom is -0.507 e. The molecule has 2 atom stereocenters. The number of phenols is 2. The van der Waals surface area contributed by atoms with Crippen molar-refractivity contribution >= 4 is 0 Å². The van der Waals surface area contributed by atoms with Crippen LogP contribution in [0.5, 0.6) is 11.5 Å². The second-order valence-corrected chi connectivity index (χ2v) is 6.01. The Hall–Kier alpha value is -1.48. The van der Waals surface area contributed by atoms with E-state index in [1.165, 1.54) is 0 Å². The highest BCUT2D eigenvalue weighted by Gasteiger charge is 2.37. The molecular weight excluding hydrogens is 240 g/mol. The maximum atomic E-state index is 10.3. The van der Waals surface area contributed by atoms with Crippen molar-refractivity contribution in [3.8, 4) is 11.5 Å². The summed E-state index contributed by atoms with van der Waals surface area (Å²) >= 11 is 0. The van der Waals surface area contributed by atoms with E-state index in [2.05, 4.69) is 0 Å². The third-order valence-electron chi connectivity index (χ3n) is 3.94. The molecule has 0 fully saturated rings. The number of hydrogen-bond donors (Lipinski definition) is 3. The topological polar surface area (TPSA) is 60.7 Å². The lowest BCUT2D eigenvalue weighted by Crippen LogP contribution is -2.36. The Morgan fingerprint density at radius 1 is 1.16 bits per heavy atom. The number of hydrogen-bond acceptors (Lipinski definition) is 3. The van der Waals surface area contributed by atoms with E-state index in [0.717, 1.165) is 18.4 Å². The molecule has 0 spiro atoms. The van der Waals surface area contributed by atoms with Crippen molar-refractivity contribution in [1.82, 2.24) is 0 Å². The van der Waals surface area contributed by atoms with Gasteiger partial charge in [0.15, 0.2) is 0 Å². The maximum absolute atomic E-state index is 10.3. The van der Waals surface area contributed by atoms with Gasteiger partial charge in [-0.25, -0.2) is 0 Å². The Kier molecular flexibility index (Phi) is 3.59. The van der Waals surface area contributed by atoms with Crippen LogP contribution in [0.3, 0.4) is 0 Å². The van der Waals surface area contributed by atoms with Crippen molar-refractivity contribution in [2.75, 3.05) is 0 Å². The van der Waals surface area contributed by atoms with Crippen LogP contribution in [0.15, 0.2) is 24.3 Å². The molecule has 0 heterocycles. The third-order valence-corrected chi connectivity index (χ3v) is 3.94. The molecule has 0 saturated heterocycles. The molecule has 19 heavy (non-hydrogen) atoms. The average Bonchev–Trinajstić information content (AvgIpc) is 2.26. The normalized spacial score (nSPS) is 23.6. The summed E-state index contributed by atoms with van der Waals surface area (Å²) in [5.41, 5.74) is 0.492. The Labute approximate surface area is 114 Å². The van der Waals surface area contributed by atoms with Gasteiger partial charge in [-0.15, -0.1) is 0 Å². The van der Waals surface area contributed by atoms with Gasteiger partial charge in [0, 0.05) is 11.5 Å². The van der Waals surface area contributed by atoms with Gasteiger partial charge in [0.2, 0.25) is 0 Å². The van der Waals surface area contributed by atoms with Crippen molar-refractivity contribution in [2.24, 2.45) is 5.92 Å². The summed E-state index contributed by atoms with van der Waals surface area (Å²) in [7, 11) is 0. The van der Waals surface area contributed by atoms with Crippen LogP contribution in [0.1, 0.15) is 43.7 Å². The minimum atomic E-state index is -0.848. The Balaban J connectivity index is 2.50. The fourth-order valence-electron chi connectivity index (χ4n) is 3.02. The van der Waals surface area contributed by atoms with Crippen molar-refractivity contribution < 1.29 is 15.3 Å². The molecule has 104 valence electrons. The molecule has 0 aromatic heterocycles. The molecule has 2 rings (SSSR count). The Morgan fingerprint density at radius 3 is 2.26 bits per heavy atom. The van der Waals surface area contributed by atoms with Crippen molar-refractivity contribution in [2.45, 2.75) is 45.1 Å². The van der Waals surface area contributed by atoms with Crippen LogP contribution >= 0.6 is 0 Å². The van der Waals surface area contributed by atoms with Crippen molar-refractivity contribution in [1.29, 1.82) is 0 Å². The summed E-state index contributed by atoms with van der Waals surface area (Å²) in [5, 5.41) is 30.6. The molecule has 0 amide bonds. The molecule has 0 bridgehead atoms. The highest BCUT2D eigenvalue weighted by molar-refractivity contribution is 5.50. The predicted octanol–water partition coefficient (Wildman–Crippen LogP) is 3.23. The van der Waals surface area contributed by atoms with E-state index in [-0.39, 0.29) is 23.3 Å². The third kappa shape index (κ3) is 2.76. The fourth-order valence-corrected chi connectivity index (χ4v) is 3.02. The number of allylic oxidation sites excluding steroid dienone is 2. The van der Waals surface area contributed by atoms with Gasteiger partial charge < -0.3 is 15.3 Å². The standard InChI is InChI=1S/C16H22O3/c1-10-8-13(17)15(14(18)9-10)11-6-4-5-7-12(11)16(2,3)19/h4,6,8-9,11-12,17-19H,5,7H2,1-3H3/t11-,12-/m1/s1. The van der Waals surface area contributed by atoms with Gasteiger partial charge in [0.05, 0.1) is 5.60 Å². The van der Waals surface area contributed by atoms with Gasteiger partial charge >= 0.3 is 0 Å². The minimum absolute atomic E-state index is 0.0167. The summed E-state index contributed by atoms with van der Waals surface area (Å²) in [5.74, 6) is 0.0259. The van der Waals surface area contributed by atoms with E-state index in [1.54, 1.807) is 26.0 Å². The van der Waals surface area contributed by atoms with Crippen LogP contribution in [0.2, 0.25) is 0 Å². The lowest BCUT2D eigenvalue weighted by molar-refractivity contribution is 0.00486. The first-order chi connectivity index (χ1) is 8.80. The molecular formula is C16H22O3. The Bertz CT molecular complexity index is 474. The smallest absolute Gasteiger partial charge is 0.123 e. The maximum Gasteiger partial charge on any atom is 0.123 e. The zero-order valence-electron chi connectivity index (χ0n) is 11.7. The SMILES string of the molecule is Cc1cc(O)c([C@@H]2C=CCC[C@H]2C(C)(C)O)c(O)c1. The van der Waals surface area contributed by atoms with E-state index in [0.29, 0.717) is 5.56 Å². The highest BCUT2D eigenvalue weighted by Crippen LogP contribution is 2.46. The molecule has 0 unspecified atom stereocenters.